The largest absolute Gasteiger partial charge is 0.441 e. The lowest BCUT2D eigenvalue weighted by atomic mass is 10.3. The summed E-state index contributed by atoms with van der Waals surface area (Å²) in [5.41, 5.74) is 7.52. The number of hydrogen-bond acceptors (Lipinski definition) is 3. The van der Waals surface area contributed by atoms with Crippen molar-refractivity contribution in [2.45, 2.75) is 6.92 Å². The Hall–Kier alpha value is -1.61. The van der Waals surface area contributed by atoms with Gasteiger partial charge in [0.05, 0.1) is 0 Å². The highest BCUT2D eigenvalue weighted by Crippen LogP contribution is 1.82. The Kier molecular flexibility index (Phi) is 3.62. The molecule has 0 aromatic rings. The zero-order chi connectivity index (χ0) is 8.85. The molecular weight excluding hydrogens is 148 g/mol. The molecule has 0 saturated heterocycles. The standard InChI is InChI=1S/C6H7N2O3/c1-3-11-6(10)5(8-7)4(2)9/h1,3H2,2H3/q+1. The highest BCUT2D eigenvalue weighted by Gasteiger charge is 2.27. The van der Waals surface area contributed by atoms with Gasteiger partial charge in [-0.15, -0.1) is 0 Å². The van der Waals surface area contributed by atoms with Crippen molar-refractivity contribution in [1.82, 2.24) is 0 Å². The van der Waals surface area contributed by atoms with Gasteiger partial charge >= 0.3 is 11.7 Å². The number of carbonyl (C=O) groups excluding carboxylic acids is 2. The van der Waals surface area contributed by atoms with Crippen LogP contribution in [0.25, 0.3) is 5.53 Å². The summed E-state index contributed by atoms with van der Waals surface area (Å²) in [6, 6.07) is 0. The number of rotatable bonds is 3. The van der Waals surface area contributed by atoms with Crippen LogP contribution in [0.2, 0.25) is 0 Å². The molecule has 0 unspecified atom stereocenters. The van der Waals surface area contributed by atoms with E-state index in [0.29, 0.717) is 0 Å². The van der Waals surface area contributed by atoms with Gasteiger partial charge in [-0.3, -0.25) is 4.79 Å². The first-order valence-corrected chi connectivity index (χ1v) is 2.82. The molecule has 5 heteroatoms. The van der Waals surface area contributed by atoms with Crippen LogP contribution in [0, 0.1) is 6.92 Å². The third kappa shape index (κ3) is 2.64. The van der Waals surface area contributed by atoms with Gasteiger partial charge in [-0.05, 0) is 0 Å². The topological polar surface area (TPSA) is 79.8 Å². The Morgan fingerprint density at radius 3 is 2.45 bits per heavy atom. The van der Waals surface area contributed by atoms with E-state index < -0.39 is 17.5 Å². The number of carbonyl (C=O) groups is 2. The molecule has 0 aliphatic rings. The van der Waals surface area contributed by atoms with Crippen LogP contribution in [0.4, 0.5) is 0 Å². The molecule has 0 fully saturated rings. The van der Waals surface area contributed by atoms with Crippen molar-refractivity contribution in [3.05, 3.63) is 12.5 Å². The maximum absolute atomic E-state index is 10.6. The number of Topliss-reactive ketones (excluding diaryl/α,β-unsaturated/α-hetero) is 1. The molecule has 0 bridgehead atoms. The molecule has 0 aliphatic carbocycles. The molecular formula is C6H7N2O3+. The predicted octanol–water partition coefficient (Wildman–Crippen LogP) is -0.377. The van der Waals surface area contributed by atoms with Crippen LogP contribution < -0.4 is 0 Å². The van der Waals surface area contributed by atoms with Crippen LogP contribution >= 0.6 is 0 Å². The number of nitrogens with zero attached hydrogens (tertiary/aromatic N) is 2. The zero-order valence-electron chi connectivity index (χ0n) is 6.03. The minimum atomic E-state index is -0.963. The summed E-state index contributed by atoms with van der Waals surface area (Å²) in [5.74, 6) is -1.61. The second kappa shape index (κ2) is 4.24. The number of ether oxygens (including phenoxy) is 1. The number of esters is 1. The van der Waals surface area contributed by atoms with Crippen molar-refractivity contribution >= 4 is 17.5 Å². The lowest BCUT2D eigenvalue weighted by Gasteiger charge is -1.88. The average molecular weight is 155 g/mol. The first-order valence-electron chi connectivity index (χ1n) is 2.82. The molecule has 0 aliphatic heterocycles. The van der Waals surface area contributed by atoms with E-state index in [1.54, 1.807) is 0 Å². The van der Waals surface area contributed by atoms with Crippen LogP contribution in [0.5, 0.6) is 0 Å². The zero-order valence-corrected chi connectivity index (χ0v) is 6.03. The van der Waals surface area contributed by atoms with Crippen LogP contribution in [0.1, 0.15) is 6.92 Å². The average Bonchev–Trinajstić information content (AvgIpc) is 1.88. The summed E-state index contributed by atoms with van der Waals surface area (Å²) in [6.07, 6.45) is 0. The summed E-state index contributed by atoms with van der Waals surface area (Å²) < 4.78 is 4.29. The summed E-state index contributed by atoms with van der Waals surface area (Å²) in [7, 11) is 0. The Morgan fingerprint density at radius 2 is 2.18 bits per heavy atom. The van der Waals surface area contributed by atoms with Gasteiger partial charge in [0.15, 0.2) is 0 Å². The van der Waals surface area contributed by atoms with Crippen molar-refractivity contribution < 1.29 is 19.1 Å². The second-order valence-corrected chi connectivity index (χ2v) is 1.64. The van der Waals surface area contributed by atoms with Crippen LogP contribution in [0.15, 0.2) is 0 Å². The van der Waals surface area contributed by atoms with Gasteiger partial charge in [0, 0.05) is 6.92 Å². The van der Waals surface area contributed by atoms with Crippen molar-refractivity contribution in [2.75, 3.05) is 6.61 Å². The van der Waals surface area contributed by atoms with Crippen LogP contribution in [-0.2, 0) is 14.3 Å². The first-order chi connectivity index (χ1) is 5.13. The Labute approximate surface area is 63.6 Å². The molecule has 0 rings (SSSR count). The Bertz CT molecular complexity index is 228. The van der Waals surface area contributed by atoms with Crippen molar-refractivity contribution in [3.8, 4) is 0 Å². The van der Waals surface area contributed by atoms with Crippen molar-refractivity contribution in [2.24, 2.45) is 0 Å². The molecule has 0 aromatic heterocycles. The smallest absolute Gasteiger partial charge is 0.414 e. The summed E-state index contributed by atoms with van der Waals surface area (Å²) in [4.78, 5) is 23.6. The molecule has 11 heavy (non-hydrogen) atoms. The number of ketones is 1. The quantitative estimate of drug-likeness (QED) is 0.139. The highest BCUT2D eigenvalue weighted by molar-refractivity contribution is 6.61. The van der Waals surface area contributed by atoms with E-state index in [1.807, 2.05) is 0 Å². The van der Waals surface area contributed by atoms with Gasteiger partial charge in [-0.2, -0.15) is 4.79 Å². The second-order valence-electron chi connectivity index (χ2n) is 1.64. The van der Waals surface area contributed by atoms with Gasteiger partial charge < -0.3 is 10.3 Å². The molecule has 0 saturated carbocycles. The first kappa shape index (κ1) is 9.39. The third-order valence-electron chi connectivity index (χ3n) is 0.860. The summed E-state index contributed by atoms with van der Waals surface area (Å²) in [5, 5.41) is 0. The summed E-state index contributed by atoms with van der Waals surface area (Å²) >= 11 is 0. The van der Waals surface area contributed by atoms with E-state index >= 15 is 0 Å². The minimum Gasteiger partial charge on any atom is -0.414 e. The van der Waals surface area contributed by atoms with Gasteiger partial charge in [0.2, 0.25) is 12.4 Å². The van der Waals surface area contributed by atoms with Crippen molar-refractivity contribution in [1.29, 1.82) is 0 Å². The minimum absolute atomic E-state index is 0.106. The fraction of sp³-hybridized carbons (Fsp3) is 0.333. The monoisotopic (exact) mass is 155 g/mol. The van der Waals surface area contributed by atoms with Gasteiger partial charge in [-0.1, -0.05) is 0 Å². The van der Waals surface area contributed by atoms with Gasteiger partial charge in [-0.25, -0.2) is 4.79 Å². The molecule has 58 valence electrons. The Balaban J connectivity index is 4.42. The summed E-state index contributed by atoms with van der Waals surface area (Å²) in [6.45, 7) is 4.20. The Morgan fingerprint density at radius 1 is 1.64 bits per heavy atom. The van der Waals surface area contributed by atoms with E-state index in [2.05, 4.69) is 16.5 Å². The fourth-order valence-electron chi connectivity index (χ4n) is 0.416. The van der Waals surface area contributed by atoms with Gasteiger partial charge in [0.25, 0.3) is 0 Å². The van der Waals surface area contributed by atoms with Crippen molar-refractivity contribution in [3.63, 3.8) is 0 Å². The molecule has 0 amide bonds. The molecule has 0 N–H and O–H groups in total. The van der Waals surface area contributed by atoms with E-state index in [1.165, 1.54) is 0 Å². The van der Waals surface area contributed by atoms with Gasteiger partial charge in [0.1, 0.15) is 6.92 Å². The van der Waals surface area contributed by atoms with E-state index in [4.69, 9.17) is 5.53 Å². The SMILES string of the molecule is [CH2+]COC(=O)C(=[N+]=[N-])C(C)=O. The molecule has 5 nitrogen and oxygen atoms in total. The fourth-order valence-corrected chi connectivity index (χ4v) is 0.416. The van der Waals surface area contributed by atoms with E-state index in [9.17, 15) is 9.59 Å². The van der Waals surface area contributed by atoms with E-state index in [-0.39, 0.29) is 6.61 Å². The normalized spacial score (nSPS) is 8.09. The molecule has 0 spiro atoms. The lowest BCUT2D eigenvalue weighted by molar-refractivity contribution is -0.141. The molecule has 0 radical (unpaired) electrons. The number of hydrogen-bond donors (Lipinski definition) is 0. The third-order valence-corrected chi connectivity index (χ3v) is 0.860. The lowest BCUT2D eigenvalue weighted by Crippen LogP contribution is -2.25. The highest BCUT2D eigenvalue weighted by atomic mass is 16.5. The maximum Gasteiger partial charge on any atom is 0.441 e. The predicted molar refractivity (Wildman–Crippen MR) is 35.6 cm³/mol. The van der Waals surface area contributed by atoms with Crippen LogP contribution in [0.3, 0.4) is 0 Å². The molecule has 0 atom stereocenters. The maximum atomic E-state index is 10.6. The van der Waals surface area contributed by atoms with E-state index in [0.717, 1.165) is 6.92 Å². The molecule has 0 heterocycles. The molecule has 0 aromatic carbocycles. The van der Waals surface area contributed by atoms with Crippen LogP contribution in [-0.4, -0.2) is 28.9 Å².